The highest BCUT2D eigenvalue weighted by Gasteiger charge is 2.26. The van der Waals surface area contributed by atoms with Crippen molar-refractivity contribution in [3.05, 3.63) is 45.6 Å². The van der Waals surface area contributed by atoms with Gasteiger partial charge in [0.15, 0.2) is 0 Å². The molecule has 0 unspecified atom stereocenters. The minimum atomic E-state index is -1.05. The highest BCUT2D eigenvalue weighted by molar-refractivity contribution is 9.10. The summed E-state index contributed by atoms with van der Waals surface area (Å²) in [6.07, 6.45) is 1.59. The van der Waals surface area contributed by atoms with Crippen LogP contribution in [0.1, 0.15) is 17.2 Å². The number of halogens is 1. The molecular formula is C12H10BrN5O2. The maximum atomic E-state index is 11.2. The maximum Gasteiger partial charge on any atom is 0.352 e. The number of aryl methyl sites for hydroxylation is 1. The van der Waals surface area contributed by atoms with Gasteiger partial charge in [-0.3, -0.25) is 0 Å². The molecule has 20 heavy (non-hydrogen) atoms. The fourth-order valence-corrected chi connectivity index (χ4v) is 2.41. The molecule has 0 aliphatic carbocycles. The zero-order valence-electron chi connectivity index (χ0n) is 10.4. The van der Waals surface area contributed by atoms with Gasteiger partial charge in [-0.05, 0) is 40.6 Å². The van der Waals surface area contributed by atoms with E-state index in [2.05, 4.69) is 36.8 Å². The van der Waals surface area contributed by atoms with Crippen LogP contribution >= 0.6 is 15.9 Å². The summed E-state index contributed by atoms with van der Waals surface area (Å²) in [6, 6.07) is 5.47. The quantitative estimate of drug-likeness (QED) is 0.868. The standard InChI is InChI=1S/C12H10BrN5O2/c1-6-2-3-7(4-8(6)13)10-5-9(11(19)20)14-12-15-16-17-18(10)12/h2-5,10H,1H3,(H,19,20)(H,14,15,17)/t10-/m0/s1. The largest absolute Gasteiger partial charge is 0.477 e. The Morgan fingerprint density at radius 2 is 2.30 bits per heavy atom. The summed E-state index contributed by atoms with van der Waals surface area (Å²) >= 11 is 3.47. The van der Waals surface area contributed by atoms with Crippen LogP contribution in [-0.2, 0) is 4.79 Å². The lowest BCUT2D eigenvalue weighted by molar-refractivity contribution is -0.132. The van der Waals surface area contributed by atoms with Gasteiger partial charge in [0, 0.05) is 4.47 Å². The van der Waals surface area contributed by atoms with Gasteiger partial charge >= 0.3 is 5.97 Å². The van der Waals surface area contributed by atoms with Gasteiger partial charge in [0.25, 0.3) is 0 Å². The third kappa shape index (κ3) is 2.07. The zero-order chi connectivity index (χ0) is 14.3. The minimum Gasteiger partial charge on any atom is -0.477 e. The molecule has 0 bridgehead atoms. The summed E-state index contributed by atoms with van der Waals surface area (Å²) in [5, 5.41) is 23.1. The Labute approximate surface area is 122 Å². The van der Waals surface area contributed by atoms with E-state index in [-0.39, 0.29) is 11.7 Å². The van der Waals surface area contributed by atoms with Gasteiger partial charge in [-0.1, -0.05) is 33.2 Å². The molecular weight excluding hydrogens is 326 g/mol. The van der Waals surface area contributed by atoms with E-state index >= 15 is 0 Å². The number of hydrogen-bond donors (Lipinski definition) is 2. The fourth-order valence-electron chi connectivity index (χ4n) is 2.01. The molecule has 0 saturated carbocycles. The molecule has 1 aromatic carbocycles. The normalized spacial score (nSPS) is 17.1. The molecule has 3 rings (SSSR count). The summed E-state index contributed by atoms with van der Waals surface area (Å²) in [5.74, 6) is -0.734. The van der Waals surface area contributed by atoms with E-state index in [0.717, 1.165) is 15.6 Å². The lowest BCUT2D eigenvalue weighted by Crippen LogP contribution is -2.24. The third-order valence-electron chi connectivity index (χ3n) is 3.10. The van der Waals surface area contributed by atoms with Crippen LogP contribution in [0.5, 0.6) is 0 Å². The van der Waals surface area contributed by atoms with Gasteiger partial charge in [0.05, 0.1) is 0 Å². The number of fused-ring (bicyclic) bond motifs is 1. The SMILES string of the molecule is Cc1ccc([C@@H]2C=C(C(=O)O)Nc3nnnn32)cc1Br. The third-order valence-corrected chi connectivity index (χ3v) is 3.95. The van der Waals surface area contributed by atoms with Crippen molar-refractivity contribution in [1.82, 2.24) is 20.2 Å². The number of rotatable bonds is 2. The molecule has 1 aliphatic heterocycles. The average molecular weight is 336 g/mol. The molecule has 0 amide bonds. The van der Waals surface area contributed by atoms with Crippen molar-refractivity contribution in [3.63, 3.8) is 0 Å². The first-order valence-electron chi connectivity index (χ1n) is 5.82. The number of tetrazole rings is 1. The van der Waals surface area contributed by atoms with Crippen molar-refractivity contribution < 1.29 is 9.90 Å². The van der Waals surface area contributed by atoms with Gasteiger partial charge in [0.1, 0.15) is 11.7 Å². The van der Waals surface area contributed by atoms with Crippen molar-refractivity contribution in [2.24, 2.45) is 0 Å². The van der Waals surface area contributed by atoms with E-state index in [0.29, 0.717) is 5.95 Å². The van der Waals surface area contributed by atoms with Crippen LogP contribution in [0.2, 0.25) is 0 Å². The topological polar surface area (TPSA) is 92.9 Å². The zero-order valence-corrected chi connectivity index (χ0v) is 12.0. The number of nitrogens with one attached hydrogen (secondary N) is 1. The number of aliphatic carboxylic acids is 1. The van der Waals surface area contributed by atoms with Crippen molar-refractivity contribution in [2.75, 3.05) is 5.32 Å². The molecule has 1 atom stereocenters. The first kappa shape index (κ1) is 12.8. The van der Waals surface area contributed by atoms with E-state index in [9.17, 15) is 4.79 Å². The molecule has 2 N–H and O–H groups in total. The minimum absolute atomic E-state index is 0.0639. The Kier molecular flexibility index (Phi) is 3.01. The van der Waals surface area contributed by atoms with Crippen LogP contribution < -0.4 is 5.32 Å². The number of anilines is 1. The monoisotopic (exact) mass is 335 g/mol. The molecule has 0 radical (unpaired) electrons. The number of carbonyl (C=O) groups is 1. The molecule has 0 fully saturated rings. The Balaban J connectivity index is 2.11. The number of aromatic nitrogens is 4. The predicted molar refractivity (Wildman–Crippen MR) is 74.2 cm³/mol. The van der Waals surface area contributed by atoms with Crippen LogP contribution in [0.4, 0.5) is 5.95 Å². The van der Waals surface area contributed by atoms with Crippen LogP contribution in [0, 0.1) is 6.92 Å². The van der Waals surface area contributed by atoms with Gasteiger partial charge in [-0.2, -0.15) is 4.68 Å². The van der Waals surface area contributed by atoms with Crippen molar-refractivity contribution in [1.29, 1.82) is 0 Å². The summed E-state index contributed by atoms with van der Waals surface area (Å²) in [5.41, 5.74) is 2.06. The number of allylic oxidation sites excluding steroid dienone is 1. The molecule has 8 heteroatoms. The second kappa shape index (κ2) is 4.71. The van der Waals surface area contributed by atoms with Crippen LogP contribution in [-0.4, -0.2) is 31.3 Å². The van der Waals surface area contributed by atoms with E-state index in [4.69, 9.17) is 5.11 Å². The van der Waals surface area contributed by atoms with Crippen molar-refractivity contribution >= 4 is 27.8 Å². The molecule has 2 heterocycles. The number of carboxylic acids is 1. The lowest BCUT2D eigenvalue weighted by atomic mass is 10.0. The molecule has 1 aromatic heterocycles. The highest BCUT2D eigenvalue weighted by Crippen LogP contribution is 2.30. The first-order valence-corrected chi connectivity index (χ1v) is 6.61. The van der Waals surface area contributed by atoms with Crippen molar-refractivity contribution in [3.8, 4) is 0 Å². The van der Waals surface area contributed by atoms with Crippen molar-refractivity contribution in [2.45, 2.75) is 13.0 Å². The Bertz CT molecular complexity index is 724. The van der Waals surface area contributed by atoms with Crippen LogP contribution in [0.15, 0.2) is 34.4 Å². The molecule has 0 saturated heterocycles. The van der Waals surface area contributed by atoms with Crippen LogP contribution in [0.25, 0.3) is 0 Å². The summed E-state index contributed by atoms with van der Waals surface area (Å²) in [7, 11) is 0. The molecule has 102 valence electrons. The highest BCUT2D eigenvalue weighted by atomic mass is 79.9. The Morgan fingerprint density at radius 3 is 3.00 bits per heavy atom. The number of carboxylic acid groups (broad SMARTS) is 1. The van der Waals surface area contributed by atoms with E-state index < -0.39 is 5.97 Å². The molecule has 0 spiro atoms. The van der Waals surface area contributed by atoms with E-state index in [1.54, 1.807) is 10.8 Å². The van der Waals surface area contributed by atoms with Gasteiger partial charge < -0.3 is 10.4 Å². The second-order valence-electron chi connectivity index (χ2n) is 4.41. The Morgan fingerprint density at radius 1 is 1.50 bits per heavy atom. The van der Waals surface area contributed by atoms with Gasteiger partial charge in [-0.15, -0.1) is 0 Å². The van der Waals surface area contributed by atoms with Crippen LogP contribution in [0.3, 0.4) is 0 Å². The molecule has 7 nitrogen and oxygen atoms in total. The molecule has 2 aromatic rings. The number of hydrogen-bond acceptors (Lipinski definition) is 5. The first-order chi connectivity index (χ1) is 9.56. The fraction of sp³-hybridized carbons (Fsp3) is 0.167. The smallest absolute Gasteiger partial charge is 0.352 e. The maximum absolute atomic E-state index is 11.2. The summed E-state index contributed by atoms with van der Waals surface area (Å²) < 4.78 is 2.50. The molecule has 1 aliphatic rings. The number of nitrogens with zero attached hydrogens (tertiary/aromatic N) is 4. The number of benzene rings is 1. The van der Waals surface area contributed by atoms with Gasteiger partial charge in [-0.25, -0.2) is 4.79 Å². The second-order valence-corrected chi connectivity index (χ2v) is 5.27. The summed E-state index contributed by atoms with van der Waals surface area (Å²) in [6.45, 7) is 1.98. The van der Waals surface area contributed by atoms with E-state index in [1.165, 1.54) is 0 Å². The lowest BCUT2D eigenvalue weighted by Gasteiger charge is -2.21. The summed E-state index contributed by atoms with van der Waals surface area (Å²) in [4.78, 5) is 11.2. The average Bonchev–Trinajstić information content (AvgIpc) is 2.89. The van der Waals surface area contributed by atoms with Gasteiger partial charge in [0.2, 0.25) is 5.95 Å². The Hall–Kier alpha value is -2.22. The van der Waals surface area contributed by atoms with E-state index in [1.807, 2.05) is 25.1 Å². The predicted octanol–water partition coefficient (Wildman–Crippen LogP) is 1.73.